The number of piperidine rings is 1. The largest absolute Gasteiger partial charge is 0.480 e. The van der Waals surface area contributed by atoms with Gasteiger partial charge in [0.1, 0.15) is 6.04 Å². The van der Waals surface area contributed by atoms with Crippen molar-refractivity contribution < 1.29 is 19.5 Å². The topological polar surface area (TPSA) is 86.7 Å². The van der Waals surface area contributed by atoms with Crippen LogP contribution in [-0.4, -0.2) is 40.4 Å². The molecule has 2 unspecified atom stereocenters. The van der Waals surface area contributed by atoms with Crippen LogP contribution in [0.4, 0.5) is 5.69 Å². The molecule has 1 heterocycles. The molecule has 2 aliphatic carbocycles. The molecule has 4 rings (SSSR count). The number of aliphatic carboxylic acids is 1. The van der Waals surface area contributed by atoms with Gasteiger partial charge in [0.15, 0.2) is 0 Å². The van der Waals surface area contributed by atoms with Gasteiger partial charge in [-0.1, -0.05) is 6.07 Å². The summed E-state index contributed by atoms with van der Waals surface area (Å²) in [5.74, 6) is -1.09. The first kappa shape index (κ1) is 16.1. The van der Waals surface area contributed by atoms with Crippen LogP contribution < -0.4 is 5.32 Å². The molecule has 3 fully saturated rings. The molecule has 2 N–H and O–H groups in total. The van der Waals surface area contributed by atoms with Gasteiger partial charge in [-0.3, -0.25) is 9.59 Å². The fourth-order valence-corrected chi connectivity index (χ4v) is 3.99. The van der Waals surface area contributed by atoms with Gasteiger partial charge < -0.3 is 15.3 Å². The predicted molar refractivity (Wildman–Crippen MR) is 91.2 cm³/mol. The highest BCUT2D eigenvalue weighted by atomic mass is 16.4. The fraction of sp³-hybridized carbons (Fsp3) is 0.526. The van der Waals surface area contributed by atoms with Crippen molar-refractivity contribution in [3.05, 3.63) is 29.8 Å². The SMILES string of the molecule is O=C(O)C1CCCCN1C(=O)c1cccc(NC(=O)C2CC23CC3)c1. The average Bonchev–Trinajstić information content (AvgIpc) is 3.54. The predicted octanol–water partition coefficient (Wildman–Crippen LogP) is 2.50. The quantitative estimate of drug-likeness (QED) is 0.880. The number of carboxylic acid groups (broad SMARTS) is 1. The number of carboxylic acids is 1. The average molecular weight is 342 g/mol. The summed E-state index contributed by atoms with van der Waals surface area (Å²) in [4.78, 5) is 37.9. The van der Waals surface area contributed by atoms with Crippen LogP contribution in [0.25, 0.3) is 0 Å². The number of benzene rings is 1. The van der Waals surface area contributed by atoms with Gasteiger partial charge in [-0.2, -0.15) is 0 Å². The van der Waals surface area contributed by atoms with E-state index >= 15 is 0 Å². The van der Waals surface area contributed by atoms with Gasteiger partial charge in [-0.25, -0.2) is 4.79 Å². The molecular formula is C19H22N2O4. The van der Waals surface area contributed by atoms with Crippen molar-refractivity contribution in [1.29, 1.82) is 0 Å². The number of nitrogens with zero attached hydrogens (tertiary/aromatic N) is 1. The first-order valence-corrected chi connectivity index (χ1v) is 8.95. The number of nitrogens with one attached hydrogen (secondary N) is 1. The molecule has 2 atom stereocenters. The van der Waals surface area contributed by atoms with Crippen LogP contribution in [0.1, 0.15) is 48.9 Å². The molecule has 25 heavy (non-hydrogen) atoms. The minimum atomic E-state index is -0.957. The maximum absolute atomic E-state index is 12.8. The Bertz CT molecular complexity index is 741. The lowest BCUT2D eigenvalue weighted by Crippen LogP contribution is -2.48. The highest BCUT2D eigenvalue weighted by molar-refractivity contribution is 6.00. The Hall–Kier alpha value is -2.37. The van der Waals surface area contributed by atoms with E-state index in [1.807, 2.05) is 0 Å². The normalized spacial score (nSPS) is 26.2. The molecule has 1 aromatic rings. The van der Waals surface area contributed by atoms with Gasteiger partial charge in [0.05, 0.1) is 0 Å². The number of hydrogen-bond donors (Lipinski definition) is 2. The fourth-order valence-electron chi connectivity index (χ4n) is 3.99. The summed E-state index contributed by atoms with van der Waals surface area (Å²) in [6.07, 6.45) is 5.40. The molecular weight excluding hydrogens is 320 g/mol. The lowest BCUT2D eigenvalue weighted by molar-refractivity contribution is -0.143. The van der Waals surface area contributed by atoms with Crippen LogP contribution >= 0.6 is 0 Å². The number of hydrogen-bond acceptors (Lipinski definition) is 3. The van der Waals surface area contributed by atoms with Gasteiger partial charge in [0.2, 0.25) is 5.91 Å². The smallest absolute Gasteiger partial charge is 0.326 e. The minimum Gasteiger partial charge on any atom is -0.480 e. The molecule has 1 aromatic carbocycles. The maximum Gasteiger partial charge on any atom is 0.326 e. The van der Waals surface area contributed by atoms with E-state index in [0.29, 0.717) is 29.6 Å². The molecule has 0 radical (unpaired) electrons. The number of likely N-dealkylation sites (tertiary alicyclic amines) is 1. The van der Waals surface area contributed by atoms with Crippen LogP contribution in [0, 0.1) is 11.3 Å². The number of anilines is 1. The van der Waals surface area contributed by atoms with Crippen molar-refractivity contribution >= 4 is 23.5 Å². The van der Waals surface area contributed by atoms with Gasteiger partial charge in [-0.15, -0.1) is 0 Å². The van der Waals surface area contributed by atoms with Crippen LogP contribution in [0.3, 0.4) is 0 Å². The van der Waals surface area contributed by atoms with E-state index in [1.165, 1.54) is 4.90 Å². The van der Waals surface area contributed by atoms with Gasteiger partial charge >= 0.3 is 5.97 Å². The molecule has 132 valence electrons. The van der Waals surface area contributed by atoms with E-state index in [2.05, 4.69) is 5.32 Å². The molecule has 1 saturated heterocycles. The van der Waals surface area contributed by atoms with Gasteiger partial charge in [0, 0.05) is 23.7 Å². The summed E-state index contributed by atoms with van der Waals surface area (Å²) in [6.45, 7) is 0.455. The van der Waals surface area contributed by atoms with E-state index in [9.17, 15) is 19.5 Å². The zero-order valence-electron chi connectivity index (χ0n) is 14.0. The highest BCUT2D eigenvalue weighted by Gasteiger charge is 2.65. The van der Waals surface area contributed by atoms with Crippen molar-refractivity contribution in [2.75, 3.05) is 11.9 Å². The molecule has 2 amide bonds. The summed E-state index contributed by atoms with van der Waals surface area (Å²) in [5.41, 5.74) is 1.31. The maximum atomic E-state index is 12.8. The zero-order chi connectivity index (χ0) is 17.6. The van der Waals surface area contributed by atoms with Crippen molar-refractivity contribution in [2.45, 2.75) is 44.6 Å². The number of rotatable bonds is 4. The zero-order valence-corrected chi connectivity index (χ0v) is 14.0. The second-order valence-corrected chi connectivity index (χ2v) is 7.54. The van der Waals surface area contributed by atoms with Crippen molar-refractivity contribution in [2.24, 2.45) is 11.3 Å². The van der Waals surface area contributed by atoms with Crippen molar-refractivity contribution in [3.63, 3.8) is 0 Å². The molecule has 6 heteroatoms. The third-order valence-electron chi connectivity index (χ3n) is 5.82. The van der Waals surface area contributed by atoms with Crippen molar-refractivity contribution in [3.8, 4) is 0 Å². The summed E-state index contributed by atoms with van der Waals surface area (Å²) in [5, 5.41) is 12.3. The molecule has 6 nitrogen and oxygen atoms in total. The van der Waals surface area contributed by atoms with Crippen LogP contribution in [0.5, 0.6) is 0 Å². The van der Waals surface area contributed by atoms with E-state index in [-0.39, 0.29) is 17.7 Å². The van der Waals surface area contributed by atoms with Crippen LogP contribution in [0.15, 0.2) is 24.3 Å². The highest BCUT2D eigenvalue weighted by Crippen LogP contribution is 2.70. The third-order valence-corrected chi connectivity index (χ3v) is 5.82. The lowest BCUT2D eigenvalue weighted by Gasteiger charge is -2.33. The number of carbonyl (C=O) groups is 3. The molecule has 0 bridgehead atoms. The Kier molecular flexibility index (Phi) is 3.78. The Morgan fingerprint density at radius 3 is 2.68 bits per heavy atom. The summed E-state index contributed by atoms with van der Waals surface area (Å²) < 4.78 is 0. The lowest BCUT2D eigenvalue weighted by atomic mass is 10.0. The molecule has 1 aliphatic heterocycles. The Balaban J connectivity index is 1.47. The molecule has 0 aromatic heterocycles. The summed E-state index contributed by atoms with van der Waals surface area (Å²) >= 11 is 0. The monoisotopic (exact) mass is 342 g/mol. The Labute approximate surface area is 146 Å². The first-order chi connectivity index (χ1) is 12.0. The second kappa shape index (κ2) is 5.86. The molecule has 1 spiro atoms. The second-order valence-electron chi connectivity index (χ2n) is 7.54. The molecule has 3 aliphatic rings. The van der Waals surface area contributed by atoms with Crippen LogP contribution in [0.2, 0.25) is 0 Å². The van der Waals surface area contributed by atoms with Gasteiger partial charge in [0.25, 0.3) is 5.91 Å². The first-order valence-electron chi connectivity index (χ1n) is 8.95. The van der Waals surface area contributed by atoms with Crippen molar-refractivity contribution in [1.82, 2.24) is 4.90 Å². The number of amides is 2. The van der Waals surface area contributed by atoms with Gasteiger partial charge in [-0.05, 0) is 62.1 Å². The summed E-state index contributed by atoms with van der Waals surface area (Å²) in [6, 6.07) is 6.05. The minimum absolute atomic E-state index is 0.0310. The van der Waals surface area contributed by atoms with E-state index in [0.717, 1.165) is 32.1 Å². The van der Waals surface area contributed by atoms with E-state index < -0.39 is 12.0 Å². The standard InChI is InChI=1S/C19H22N2O4/c22-16(14-11-19(14)7-8-19)20-13-5-3-4-12(10-13)17(23)21-9-2-1-6-15(21)18(24)25/h3-5,10,14-15H,1-2,6-9,11H2,(H,20,22)(H,24,25). The Morgan fingerprint density at radius 1 is 1.20 bits per heavy atom. The number of carbonyl (C=O) groups excluding carboxylic acids is 2. The third kappa shape index (κ3) is 3.01. The Morgan fingerprint density at radius 2 is 2.00 bits per heavy atom. The summed E-state index contributed by atoms with van der Waals surface area (Å²) in [7, 11) is 0. The van der Waals surface area contributed by atoms with Crippen LogP contribution in [-0.2, 0) is 9.59 Å². The van der Waals surface area contributed by atoms with E-state index in [4.69, 9.17) is 0 Å². The molecule has 2 saturated carbocycles. The van der Waals surface area contributed by atoms with E-state index in [1.54, 1.807) is 24.3 Å².